The van der Waals surface area contributed by atoms with Crippen molar-refractivity contribution in [2.24, 2.45) is 11.8 Å². The van der Waals surface area contributed by atoms with Gasteiger partial charge in [0.05, 0.1) is 5.56 Å². The van der Waals surface area contributed by atoms with Gasteiger partial charge < -0.3 is 10.2 Å². The summed E-state index contributed by atoms with van der Waals surface area (Å²) in [5, 5.41) is 2.70. The number of nitrogens with zero attached hydrogens (tertiary/aromatic N) is 2. The molecule has 0 spiro atoms. The van der Waals surface area contributed by atoms with Gasteiger partial charge in [-0.3, -0.25) is 4.79 Å². The number of amides is 1. The quantitative estimate of drug-likeness (QED) is 0.884. The number of aromatic nitrogens is 1. The van der Waals surface area contributed by atoms with E-state index in [0.29, 0.717) is 5.56 Å². The molecule has 0 radical (unpaired) electrons. The number of hydrogen-bond acceptors (Lipinski definition) is 3. The molecule has 1 saturated heterocycles. The van der Waals surface area contributed by atoms with Crippen molar-refractivity contribution in [2.45, 2.75) is 25.7 Å². The van der Waals surface area contributed by atoms with Gasteiger partial charge in [0, 0.05) is 26.3 Å². The van der Waals surface area contributed by atoms with E-state index >= 15 is 0 Å². The van der Waals surface area contributed by atoms with E-state index in [-0.39, 0.29) is 5.91 Å². The molecule has 4 heteroatoms. The fourth-order valence-corrected chi connectivity index (χ4v) is 3.54. The Morgan fingerprint density at radius 2 is 2.00 bits per heavy atom. The highest BCUT2D eigenvalue weighted by molar-refractivity contribution is 5.98. The Hall–Kier alpha value is -1.58. The summed E-state index contributed by atoms with van der Waals surface area (Å²) in [5.41, 5.74) is 0.698. The van der Waals surface area contributed by atoms with E-state index in [9.17, 15) is 4.79 Å². The predicted molar refractivity (Wildman–Crippen MR) is 75.3 cm³/mol. The van der Waals surface area contributed by atoms with Crippen molar-refractivity contribution in [2.75, 3.05) is 25.0 Å². The fourth-order valence-electron chi connectivity index (χ4n) is 3.54. The molecule has 1 aliphatic carbocycles. The Morgan fingerprint density at radius 1 is 1.32 bits per heavy atom. The van der Waals surface area contributed by atoms with Crippen LogP contribution < -0.4 is 10.2 Å². The molecule has 1 saturated carbocycles. The van der Waals surface area contributed by atoms with Gasteiger partial charge in [0.15, 0.2) is 0 Å². The number of rotatable bonds is 2. The molecular weight excluding hydrogens is 238 g/mol. The van der Waals surface area contributed by atoms with E-state index in [1.54, 1.807) is 13.2 Å². The molecule has 1 aromatic heterocycles. The number of hydrogen-bond donors (Lipinski definition) is 1. The Morgan fingerprint density at radius 3 is 2.63 bits per heavy atom. The van der Waals surface area contributed by atoms with E-state index in [1.807, 2.05) is 12.1 Å². The second kappa shape index (κ2) is 5.19. The molecule has 1 N–H and O–H groups in total. The molecule has 0 bridgehead atoms. The zero-order chi connectivity index (χ0) is 13.2. The molecule has 2 aliphatic rings. The number of anilines is 1. The van der Waals surface area contributed by atoms with Crippen LogP contribution in [0.15, 0.2) is 18.3 Å². The van der Waals surface area contributed by atoms with E-state index in [4.69, 9.17) is 0 Å². The maximum Gasteiger partial charge on any atom is 0.254 e. The summed E-state index contributed by atoms with van der Waals surface area (Å²) in [6.45, 7) is 2.12. The van der Waals surface area contributed by atoms with Gasteiger partial charge in [-0.15, -0.1) is 0 Å². The SMILES string of the molecule is CNC(=O)c1cccnc1N1CC2CCCCC2C1. The molecule has 3 rings (SSSR count). The van der Waals surface area contributed by atoms with Crippen molar-refractivity contribution in [3.63, 3.8) is 0 Å². The van der Waals surface area contributed by atoms with Crippen LogP contribution in [0, 0.1) is 11.8 Å². The average Bonchev–Trinajstić information content (AvgIpc) is 2.90. The molecular formula is C15H21N3O. The van der Waals surface area contributed by atoms with E-state index in [2.05, 4.69) is 15.2 Å². The van der Waals surface area contributed by atoms with Crippen LogP contribution in [0.5, 0.6) is 0 Å². The van der Waals surface area contributed by atoms with Crippen molar-refractivity contribution >= 4 is 11.7 Å². The van der Waals surface area contributed by atoms with Crippen LogP contribution in [0.3, 0.4) is 0 Å². The highest BCUT2D eigenvalue weighted by Gasteiger charge is 2.35. The number of fused-ring (bicyclic) bond motifs is 1. The summed E-state index contributed by atoms with van der Waals surface area (Å²) in [5.74, 6) is 2.41. The molecule has 2 fully saturated rings. The minimum atomic E-state index is -0.0435. The molecule has 2 heterocycles. The van der Waals surface area contributed by atoms with Gasteiger partial charge >= 0.3 is 0 Å². The molecule has 1 aliphatic heterocycles. The molecule has 2 unspecified atom stereocenters. The molecule has 1 amide bonds. The third-order valence-corrected chi connectivity index (χ3v) is 4.53. The lowest BCUT2D eigenvalue weighted by Gasteiger charge is -2.22. The fraction of sp³-hybridized carbons (Fsp3) is 0.600. The first-order valence-electron chi connectivity index (χ1n) is 7.21. The number of nitrogens with one attached hydrogen (secondary N) is 1. The summed E-state index contributed by atoms with van der Waals surface area (Å²) in [4.78, 5) is 18.7. The average molecular weight is 259 g/mol. The second-order valence-electron chi connectivity index (χ2n) is 5.66. The zero-order valence-corrected chi connectivity index (χ0v) is 11.4. The molecule has 0 aromatic carbocycles. The summed E-state index contributed by atoms with van der Waals surface area (Å²) >= 11 is 0. The van der Waals surface area contributed by atoms with Crippen molar-refractivity contribution < 1.29 is 4.79 Å². The lowest BCUT2D eigenvalue weighted by molar-refractivity contribution is 0.0963. The third kappa shape index (κ3) is 2.31. The van der Waals surface area contributed by atoms with Gasteiger partial charge in [-0.2, -0.15) is 0 Å². The lowest BCUT2D eigenvalue weighted by Crippen LogP contribution is -2.27. The second-order valence-corrected chi connectivity index (χ2v) is 5.66. The molecule has 4 nitrogen and oxygen atoms in total. The van der Waals surface area contributed by atoms with E-state index in [1.165, 1.54) is 25.7 Å². The van der Waals surface area contributed by atoms with Gasteiger partial charge in [0.1, 0.15) is 5.82 Å². The van der Waals surface area contributed by atoms with E-state index < -0.39 is 0 Å². The van der Waals surface area contributed by atoms with Gasteiger partial charge in [0.2, 0.25) is 0 Å². The van der Waals surface area contributed by atoms with Crippen LogP contribution in [0.2, 0.25) is 0 Å². The summed E-state index contributed by atoms with van der Waals surface area (Å²) < 4.78 is 0. The minimum Gasteiger partial charge on any atom is -0.355 e. The lowest BCUT2D eigenvalue weighted by atomic mass is 9.82. The largest absolute Gasteiger partial charge is 0.355 e. The van der Waals surface area contributed by atoms with Crippen LogP contribution in [-0.4, -0.2) is 31.0 Å². The maximum atomic E-state index is 11.9. The van der Waals surface area contributed by atoms with Crippen LogP contribution >= 0.6 is 0 Å². The first kappa shape index (κ1) is 12.5. The topological polar surface area (TPSA) is 45.2 Å². The Kier molecular flexibility index (Phi) is 3.40. The Labute approximate surface area is 114 Å². The standard InChI is InChI=1S/C15H21N3O/c1-16-15(19)13-7-4-8-17-14(13)18-9-11-5-2-3-6-12(11)10-18/h4,7-8,11-12H,2-3,5-6,9-10H2,1H3,(H,16,19). The number of carbonyl (C=O) groups is 1. The van der Waals surface area contributed by atoms with Gasteiger partial charge in [-0.25, -0.2) is 4.98 Å². The molecule has 1 aromatic rings. The monoisotopic (exact) mass is 259 g/mol. The molecule has 2 atom stereocenters. The van der Waals surface area contributed by atoms with Gasteiger partial charge in [0.25, 0.3) is 5.91 Å². The maximum absolute atomic E-state index is 11.9. The highest BCUT2D eigenvalue weighted by Crippen LogP contribution is 2.38. The summed E-state index contributed by atoms with van der Waals surface area (Å²) in [7, 11) is 1.67. The predicted octanol–water partition coefficient (Wildman–Crippen LogP) is 2.07. The minimum absolute atomic E-state index is 0.0435. The third-order valence-electron chi connectivity index (χ3n) is 4.53. The van der Waals surface area contributed by atoms with Gasteiger partial charge in [-0.05, 0) is 36.8 Å². The van der Waals surface area contributed by atoms with E-state index in [0.717, 1.165) is 30.7 Å². The summed E-state index contributed by atoms with van der Waals surface area (Å²) in [6, 6.07) is 3.69. The van der Waals surface area contributed by atoms with Crippen molar-refractivity contribution in [3.8, 4) is 0 Å². The number of carbonyl (C=O) groups excluding carboxylic acids is 1. The van der Waals surface area contributed by atoms with Crippen molar-refractivity contribution in [3.05, 3.63) is 23.9 Å². The normalized spacial score (nSPS) is 26.1. The first-order valence-corrected chi connectivity index (χ1v) is 7.21. The molecule has 102 valence electrons. The Balaban J connectivity index is 1.85. The van der Waals surface area contributed by atoms with Crippen LogP contribution in [0.4, 0.5) is 5.82 Å². The van der Waals surface area contributed by atoms with Crippen molar-refractivity contribution in [1.82, 2.24) is 10.3 Å². The van der Waals surface area contributed by atoms with Crippen LogP contribution in [-0.2, 0) is 0 Å². The van der Waals surface area contributed by atoms with Gasteiger partial charge in [-0.1, -0.05) is 12.8 Å². The molecule has 19 heavy (non-hydrogen) atoms. The number of pyridine rings is 1. The first-order chi connectivity index (χ1) is 9.29. The van der Waals surface area contributed by atoms with Crippen molar-refractivity contribution in [1.29, 1.82) is 0 Å². The Bertz CT molecular complexity index is 460. The van der Waals surface area contributed by atoms with Crippen LogP contribution in [0.1, 0.15) is 36.0 Å². The zero-order valence-electron chi connectivity index (χ0n) is 11.4. The van der Waals surface area contributed by atoms with Crippen LogP contribution in [0.25, 0.3) is 0 Å². The highest BCUT2D eigenvalue weighted by atomic mass is 16.1. The smallest absolute Gasteiger partial charge is 0.254 e. The summed E-state index contributed by atoms with van der Waals surface area (Å²) in [6.07, 6.45) is 7.18.